The maximum absolute atomic E-state index is 13.1. The van der Waals surface area contributed by atoms with Crippen LogP contribution in [0.3, 0.4) is 0 Å². The highest BCUT2D eigenvalue weighted by Gasteiger charge is 2.18. The quantitative estimate of drug-likeness (QED) is 0.649. The molecule has 1 N–H and O–H groups in total. The second kappa shape index (κ2) is 6.83. The number of carbonyl (C=O) groups is 1. The van der Waals surface area contributed by atoms with Gasteiger partial charge in [0, 0.05) is 10.4 Å². The largest absolute Gasteiger partial charge is 0.297 e. The lowest BCUT2D eigenvalue weighted by Gasteiger charge is -2.06. The van der Waals surface area contributed by atoms with E-state index in [1.54, 1.807) is 12.1 Å². The highest BCUT2D eigenvalue weighted by atomic mass is 32.1. The number of anilines is 1. The molecule has 1 aromatic carbocycles. The molecule has 24 heavy (non-hydrogen) atoms. The molecule has 3 rings (SSSR count). The number of hydrogen-bond acceptors (Lipinski definition) is 4. The van der Waals surface area contributed by atoms with Gasteiger partial charge in [-0.15, -0.1) is 22.7 Å². The molecule has 3 aromatic rings. The van der Waals surface area contributed by atoms with E-state index in [2.05, 4.69) is 24.1 Å². The minimum atomic E-state index is -0.279. The number of nitrogens with zero attached hydrogens (tertiary/aromatic N) is 1. The zero-order chi connectivity index (χ0) is 17.3. The van der Waals surface area contributed by atoms with Crippen LogP contribution in [-0.4, -0.2) is 10.9 Å². The second-order valence-corrected chi connectivity index (χ2v) is 7.86. The Labute approximate surface area is 148 Å². The number of aromatic nitrogens is 1. The lowest BCUT2D eigenvalue weighted by atomic mass is 10.0. The number of carbonyl (C=O) groups excluding carboxylic acids is 1. The van der Waals surface area contributed by atoms with Gasteiger partial charge in [-0.3, -0.25) is 10.1 Å². The fourth-order valence-electron chi connectivity index (χ4n) is 2.44. The number of nitrogens with one attached hydrogen (secondary N) is 1. The molecule has 0 aliphatic rings. The van der Waals surface area contributed by atoms with Gasteiger partial charge in [-0.05, 0) is 54.1 Å². The minimum absolute atomic E-state index is 0.131. The first-order valence-electron chi connectivity index (χ1n) is 7.58. The standard InChI is InChI=1S/C18H17FN2OS2/c1-10(2)14-8-9-23-16(14)17(22)21-18-20-15(11(3)24-18)12-4-6-13(19)7-5-12/h4-10H,1-3H3,(H,20,21,22). The summed E-state index contributed by atoms with van der Waals surface area (Å²) in [7, 11) is 0. The predicted molar refractivity (Wildman–Crippen MR) is 98.6 cm³/mol. The molecule has 0 saturated heterocycles. The van der Waals surface area contributed by atoms with Gasteiger partial charge in [0.15, 0.2) is 5.13 Å². The highest BCUT2D eigenvalue weighted by Crippen LogP contribution is 2.32. The van der Waals surface area contributed by atoms with E-state index in [1.165, 1.54) is 34.8 Å². The van der Waals surface area contributed by atoms with Crippen molar-refractivity contribution in [3.63, 3.8) is 0 Å². The van der Waals surface area contributed by atoms with Crippen LogP contribution in [0.2, 0.25) is 0 Å². The molecule has 0 aliphatic heterocycles. The maximum atomic E-state index is 13.1. The Balaban J connectivity index is 1.84. The van der Waals surface area contributed by atoms with Crippen LogP contribution in [0, 0.1) is 12.7 Å². The summed E-state index contributed by atoms with van der Waals surface area (Å²) in [5.74, 6) is -0.114. The van der Waals surface area contributed by atoms with E-state index in [4.69, 9.17) is 0 Å². The average molecular weight is 360 g/mol. The van der Waals surface area contributed by atoms with Crippen LogP contribution < -0.4 is 5.32 Å². The summed E-state index contributed by atoms with van der Waals surface area (Å²) in [4.78, 5) is 18.7. The van der Waals surface area contributed by atoms with Crippen molar-refractivity contribution in [2.24, 2.45) is 0 Å². The summed E-state index contributed by atoms with van der Waals surface area (Å²) in [6, 6.07) is 8.19. The summed E-state index contributed by atoms with van der Waals surface area (Å²) < 4.78 is 13.1. The van der Waals surface area contributed by atoms with E-state index in [1.807, 2.05) is 18.4 Å². The van der Waals surface area contributed by atoms with Crippen LogP contribution in [0.15, 0.2) is 35.7 Å². The van der Waals surface area contributed by atoms with Gasteiger partial charge in [0.25, 0.3) is 5.91 Å². The Hall–Kier alpha value is -2.05. The summed E-state index contributed by atoms with van der Waals surface area (Å²) in [5, 5.41) is 5.37. The van der Waals surface area contributed by atoms with E-state index in [0.717, 1.165) is 26.6 Å². The van der Waals surface area contributed by atoms with Crippen molar-refractivity contribution in [2.45, 2.75) is 26.7 Å². The van der Waals surface area contributed by atoms with Crippen molar-refractivity contribution in [3.8, 4) is 11.3 Å². The van der Waals surface area contributed by atoms with Crippen LogP contribution in [0.4, 0.5) is 9.52 Å². The molecule has 2 heterocycles. The van der Waals surface area contributed by atoms with Gasteiger partial charge in [0.2, 0.25) is 0 Å². The first-order chi connectivity index (χ1) is 11.5. The number of thiazole rings is 1. The zero-order valence-electron chi connectivity index (χ0n) is 13.6. The molecule has 0 fully saturated rings. The Morgan fingerprint density at radius 2 is 1.92 bits per heavy atom. The number of aryl methyl sites for hydroxylation is 1. The fourth-order valence-corrected chi connectivity index (χ4v) is 4.22. The number of thiophene rings is 1. The van der Waals surface area contributed by atoms with Crippen molar-refractivity contribution < 1.29 is 9.18 Å². The molecule has 0 bridgehead atoms. The minimum Gasteiger partial charge on any atom is -0.297 e. The van der Waals surface area contributed by atoms with Gasteiger partial charge in [0.05, 0.1) is 10.6 Å². The molecular weight excluding hydrogens is 343 g/mol. The Morgan fingerprint density at radius 1 is 1.21 bits per heavy atom. The first-order valence-corrected chi connectivity index (χ1v) is 9.27. The molecule has 3 nitrogen and oxygen atoms in total. The molecule has 0 spiro atoms. The van der Waals surface area contributed by atoms with Crippen LogP contribution in [0.1, 0.15) is 39.9 Å². The Bertz CT molecular complexity index is 866. The van der Waals surface area contributed by atoms with E-state index in [-0.39, 0.29) is 11.7 Å². The molecule has 0 atom stereocenters. The number of rotatable bonds is 4. The van der Waals surface area contributed by atoms with Crippen LogP contribution in [0.5, 0.6) is 0 Å². The van der Waals surface area contributed by atoms with Gasteiger partial charge < -0.3 is 0 Å². The Kier molecular flexibility index (Phi) is 4.78. The van der Waals surface area contributed by atoms with Gasteiger partial charge in [-0.2, -0.15) is 0 Å². The molecular formula is C18H17FN2OS2. The van der Waals surface area contributed by atoms with E-state index in [9.17, 15) is 9.18 Å². The third-order valence-corrected chi connectivity index (χ3v) is 5.47. The summed E-state index contributed by atoms with van der Waals surface area (Å²) in [6.45, 7) is 6.08. The third-order valence-electron chi connectivity index (χ3n) is 3.66. The predicted octanol–water partition coefficient (Wildman–Crippen LogP) is 5.69. The third kappa shape index (κ3) is 3.39. The smallest absolute Gasteiger partial charge is 0.267 e. The van der Waals surface area contributed by atoms with Gasteiger partial charge in [-0.25, -0.2) is 9.37 Å². The van der Waals surface area contributed by atoms with E-state index in [0.29, 0.717) is 11.0 Å². The molecule has 1 amide bonds. The van der Waals surface area contributed by atoms with Crippen LogP contribution >= 0.6 is 22.7 Å². The highest BCUT2D eigenvalue weighted by molar-refractivity contribution is 7.16. The molecule has 0 radical (unpaired) electrons. The Morgan fingerprint density at radius 3 is 2.58 bits per heavy atom. The summed E-state index contributed by atoms with van der Waals surface area (Å²) >= 11 is 2.86. The molecule has 0 saturated carbocycles. The molecule has 0 unspecified atom stereocenters. The topological polar surface area (TPSA) is 42.0 Å². The van der Waals surface area contributed by atoms with Crippen molar-refractivity contribution in [1.29, 1.82) is 0 Å². The van der Waals surface area contributed by atoms with Crippen molar-refractivity contribution in [2.75, 3.05) is 5.32 Å². The number of benzene rings is 1. The van der Waals surface area contributed by atoms with E-state index >= 15 is 0 Å². The summed E-state index contributed by atoms with van der Waals surface area (Å²) in [6.07, 6.45) is 0. The number of amides is 1. The van der Waals surface area contributed by atoms with Crippen molar-refractivity contribution in [3.05, 3.63) is 56.8 Å². The van der Waals surface area contributed by atoms with Crippen molar-refractivity contribution >= 4 is 33.7 Å². The lowest BCUT2D eigenvalue weighted by molar-refractivity contribution is 0.102. The van der Waals surface area contributed by atoms with Crippen LogP contribution in [-0.2, 0) is 0 Å². The number of hydrogen-bond donors (Lipinski definition) is 1. The van der Waals surface area contributed by atoms with Crippen LogP contribution in [0.25, 0.3) is 11.3 Å². The molecule has 2 aromatic heterocycles. The lowest BCUT2D eigenvalue weighted by Crippen LogP contribution is -2.12. The molecule has 0 aliphatic carbocycles. The monoisotopic (exact) mass is 360 g/mol. The zero-order valence-corrected chi connectivity index (χ0v) is 15.2. The molecule has 124 valence electrons. The average Bonchev–Trinajstić information content (AvgIpc) is 3.15. The normalized spacial score (nSPS) is 11.0. The first kappa shape index (κ1) is 16.8. The fraction of sp³-hybridized carbons (Fsp3) is 0.222. The summed E-state index contributed by atoms with van der Waals surface area (Å²) in [5.41, 5.74) is 2.65. The van der Waals surface area contributed by atoms with E-state index < -0.39 is 0 Å². The van der Waals surface area contributed by atoms with Gasteiger partial charge in [-0.1, -0.05) is 13.8 Å². The molecule has 6 heteroatoms. The second-order valence-electron chi connectivity index (χ2n) is 5.74. The maximum Gasteiger partial charge on any atom is 0.267 e. The van der Waals surface area contributed by atoms with Gasteiger partial charge in [0.1, 0.15) is 5.82 Å². The number of halogens is 1. The van der Waals surface area contributed by atoms with Crippen molar-refractivity contribution in [1.82, 2.24) is 4.98 Å². The SMILES string of the molecule is Cc1sc(NC(=O)c2sccc2C(C)C)nc1-c1ccc(F)cc1. The van der Waals surface area contributed by atoms with Gasteiger partial charge >= 0.3 is 0 Å².